The Morgan fingerprint density at radius 3 is 2.22 bits per heavy atom. The zero-order valence-corrected chi connectivity index (χ0v) is 20.4. The molecule has 0 radical (unpaired) electrons. The summed E-state index contributed by atoms with van der Waals surface area (Å²) in [6.07, 6.45) is -5.72. The van der Waals surface area contributed by atoms with Crippen LogP contribution in [0, 0.1) is 0 Å². The second-order valence-corrected chi connectivity index (χ2v) is 8.90. The predicted molar refractivity (Wildman–Crippen MR) is 135 cm³/mol. The number of rotatable bonds is 9. The number of aliphatic hydroxyl groups is 4. The van der Waals surface area contributed by atoms with Crippen LogP contribution in [0.25, 0.3) is 22.3 Å². The molecule has 5 atom stereocenters. The molecule has 0 unspecified atom stereocenters. The number of hydrogen-bond acceptors (Lipinski definition) is 9. The third-order valence-electron chi connectivity index (χ3n) is 6.31. The van der Waals surface area contributed by atoms with Crippen LogP contribution in [-0.4, -0.2) is 74.6 Å². The van der Waals surface area contributed by atoms with Gasteiger partial charge in [0.15, 0.2) is 11.5 Å². The lowest BCUT2D eigenvalue weighted by molar-refractivity contribution is -0.277. The molecule has 0 spiro atoms. The van der Waals surface area contributed by atoms with Crippen LogP contribution in [0.3, 0.4) is 0 Å². The lowest BCUT2D eigenvalue weighted by Crippen LogP contribution is -2.60. The van der Waals surface area contributed by atoms with Crippen molar-refractivity contribution in [2.75, 3.05) is 13.2 Å². The lowest BCUT2D eigenvalue weighted by atomic mass is 9.96. The molecule has 1 aliphatic rings. The van der Waals surface area contributed by atoms with Gasteiger partial charge in [-0.3, -0.25) is 0 Å². The van der Waals surface area contributed by atoms with Crippen LogP contribution in [0.5, 0.6) is 23.0 Å². The molecule has 37 heavy (non-hydrogen) atoms. The summed E-state index contributed by atoms with van der Waals surface area (Å²) < 4.78 is 17.1. The van der Waals surface area contributed by atoms with E-state index in [4.69, 9.17) is 14.2 Å². The van der Waals surface area contributed by atoms with Gasteiger partial charge in [0.05, 0.1) is 18.8 Å². The Kier molecular flexibility index (Phi) is 8.52. The van der Waals surface area contributed by atoms with Gasteiger partial charge in [-0.2, -0.15) is 0 Å². The van der Waals surface area contributed by atoms with Gasteiger partial charge in [0, 0.05) is 5.56 Å². The fourth-order valence-electron chi connectivity index (χ4n) is 4.21. The number of aromatic hydroxyl groups is 2. The molecule has 1 saturated heterocycles. The first kappa shape index (κ1) is 26.7. The average Bonchev–Trinajstić information content (AvgIpc) is 2.91. The summed E-state index contributed by atoms with van der Waals surface area (Å²) in [7, 11) is 0. The van der Waals surface area contributed by atoms with Crippen LogP contribution in [0.1, 0.15) is 19.8 Å². The predicted octanol–water partition coefficient (Wildman–Crippen LogP) is 2.79. The van der Waals surface area contributed by atoms with E-state index in [2.05, 4.69) is 6.92 Å². The molecule has 1 fully saturated rings. The Morgan fingerprint density at radius 2 is 1.57 bits per heavy atom. The van der Waals surface area contributed by atoms with E-state index >= 15 is 0 Å². The second kappa shape index (κ2) is 11.8. The summed E-state index contributed by atoms with van der Waals surface area (Å²) in [6.45, 7) is 2.02. The van der Waals surface area contributed by atoms with Crippen molar-refractivity contribution >= 4 is 0 Å². The average molecular weight is 513 g/mol. The topological polar surface area (TPSA) is 149 Å². The fraction of sp³-hybridized carbons (Fsp3) is 0.357. The third-order valence-corrected chi connectivity index (χ3v) is 6.31. The van der Waals surface area contributed by atoms with Crippen LogP contribution < -0.4 is 9.47 Å². The van der Waals surface area contributed by atoms with Crippen molar-refractivity contribution in [3.63, 3.8) is 0 Å². The smallest absolute Gasteiger partial charge is 0.229 e. The largest absolute Gasteiger partial charge is 0.507 e. The molecule has 0 bridgehead atoms. The minimum atomic E-state index is -1.69. The molecular weight excluding hydrogens is 480 g/mol. The summed E-state index contributed by atoms with van der Waals surface area (Å²) in [5.41, 5.74) is 1.46. The number of hydrogen-bond donors (Lipinski definition) is 6. The SMILES string of the molecule is CCCCOc1ccc(-c2cc(O)c(-c3ccccc3)c(O)c2O[C@@H]2O[C@H](CO)[C@@H](O)[C@H](O)[C@H]2O)cc1. The number of unbranched alkanes of at least 4 members (excludes halogenated alkanes) is 1. The number of aliphatic hydroxyl groups excluding tert-OH is 4. The molecule has 1 aliphatic heterocycles. The number of phenolic OH excluding ortho intramolecular Hbond substituents is 2. The van der Waals surface area contributed by atoms with E-state index in [1.807, 2.05) is 0 Å². The zero-order valence-electron chi connectivity index (χ0n) is 20.4. The molecule has 1 heterocycles. The van der Waals surface area contributed by atoms with E-state index < -0.39 is 43.1 Å². The Hall–Kier alpha value is -3.34. The highest BCUT2D eigenvalue weighted by Crippen LogP contribution is 2.50. The minimum Gasteiger partial charge on any atom is -0.507 e. The van der Waals surface area contributed by atoms with Gasteiger partial charge in [0.2, 0.25) is 6.29 Å². The van der Waals surface area contributed by atoms with E-state index in [0.29, 0.717) is 23.5 Å². The van der Waals surface area contributed by atoms with E-state index in [-0.39, 0.29) is 22.6 Å². The molecule has 0 aromatic heterocycles. The third kappa shape index (κ3) is 5.66. The summed E-state index contributed by atoms with van der Waals surface area (Å²) >= 11 is 0. The quantitative estimate of drug-likeness (QED) is 0.238. The molecular formula is C28H32O9. The summed E-state index contributed by atoms with van der Waals surface area (Å²) in [6, 6.07) is 17.1. The molecule has 198 valence electrons. The molecule has 4 rings (SSSR count). The maximum atomic E-state index is 11.3. The van der Waals surface area contributed by atoms with E-state index in [9.17, 15) is 30.6 Å². The molecule has 3 aromatic rings. The van der Waals surface area contributed by atoms with Gasteiger partial charge in [0.25, 0.3) is 0 Å². The van der Waals surface area contributed by atoms with Crippen LogP contribution >= 0.6 is 0 Å². The fourth-order valence-corrected chi connectivity index (χ4v) is 4.21. The van der Waals surface area contributed by atoms with E-state index in [0.717, 1.165) is 12.8 Å². The Balaban J connectivity index is 1.77. The van der Waals surface area contributed by atoms with Gasteiger partial charge in [-0.25, -0.2) is 0 Å². The maximum absolute atomic E-state index is 11.3. The van der Waals surface area contributed by atoms with Crippen LogP contribution in [-0.2, 0) is 4.74 Å². The molecule has 0 saturated carbocycles. The standard InChI is InChI=1S/C28H32O9/c1-2-3-13-35-18-11-9-16(10-12-18)19-14-20(30)22(17-7-5-4-6-8-17)24(32)27(19)37-28-26(34)25(33)23(31)21(15-29)36-28/h4-12,14,21,23,25-26,28-34H,2-3,13,15H2,1H3/t21-,23-,25+,26-,28+/m1/s1. The highest BCUT2D eigenvalue weighted by molar-refractivity contribution is 5.87. The highest BCUT2D eigenvalue weighted by Gasteiger charge is 2.45. The second-order valence-electron chi connectivity index (χ2n) is 8.90. The summed E-state index contributed by atoms with van der Waals surface area (Å²) in [5.74, 6) is -0.0897. The summed E-state index contributed by atoms with van der Waals surface area (Å²) in [4.78, 5) is 0. The van der Waals surface area contributed by atoms with Crippen molar-refractivity contribution in [3.8, 4) is 45.3 Å². The number of ether oxygens (including phenoxy) is 3. The Labute approximate surface area is 214 Å². The highest BCUT2D eigenvalue weighted by atomic mass is 16.7. The number of benzene rings is 3. The Bertz CT molecular complexity index is 1160. The Morgan fingerprint density at radius 1 is 0.865 bits per heavy atom. The van der Waals surface area contributed by atoms with E-state index in [1.165, 1.54) is 6.07 Å². The zero-order chi connectivity index (χ0) is 26.5. The van der Waals surface area contributed by atoms with Gasteiger partial charge in [-0.1, -0.05) is 55.8 Å². The first-order valence-corrected chi connectivity index (χ1v) is 12.2. The van der Waals surface area contributed by atoms with Crippen molar-refractivity contribution in [1.29, 1.82) is 0 Å². The molecule has 9 heteroatoms. The van der Waals surface area contributed by atoms with Gasteiger partial charge in [-0.15, -0.1) is 0 Å². The molecule has 0 aliphatic carbocycles. The van der Waals surface area contributed by atoms with Gasteiger partial charge in [-0.05, 0) is 35.7 Å². The van der Waals surface area contributed by atoms with Crippen molar-refractivity contribution in [3.05, 3.63) is 60.7 Å². The monoisotopic (exact) mass is 512 g/mol. The molecule has 0 amide bonds. The van der Waals surface area contributed by atoms with Gasteiger partial charge >= 0.3 is 0 Å². The minimum absolute atomic E-state index is 0.100. The normalized spacial score (nSPS) is 23.5. The molecule has 3 aromatic carbocycles. The maximum Gasteiger partial charge on any atom is 0.229 e. The van der Waals surface area contributed by atoms with Crippen molar-refractivity contribution < 1.29 is 44.8 Å². The first-order chi connectivity index (χ1) is 17.8. The van der Waals surface area contributed by atoms with Crippen molar-refractivity contribution in [2.24, 2.45) is 0 Å². The van der Waals surface area contributed by atoms with Crippen LogP contribution in [0.15, 0.2) is 60.7 Å². The first-order valence-electron chi connectivity index (χ1n) is 12.2. The van der Waals surface area contributed by atoms with Crippen molar-refractivity contribution in [2.45, 2.75) is 50.5 Å². The molecule has 6 N–H and O–H groups in total. The van der Waals surface area contributed by atoms with Crippen molar-refractivity contribution in [1.82, 2.24) is 0 Å². The van der Waals surface area contributed by atoms with E-state index in [1.54, 1.807) is 54.6 Å². The van der Waals surface area contributed by atoms with Crippen LogP contribution in [0.2, 0.25) is 0 Å². The van der Waals surface area contributed by atoms with Gasteiger partial charge < -0.3 is 44.8 Å². The van der Waals surface area contributed by atoms with Crippen LogP contribution in [0.4, 0.5) is 0 Å². The molecule has 9 nitrogen and oxygen atoms in total. The lowest BCUT2D eigenvalue weighted by Gasteiger charge is -2.39. The summed E-state index contributed by atoms with van der Waals surface area (Å²) in [5, 5.41) is 62.6. The number of phenols is 2. The van der Waals surface area contributed by atoms with Gasteiger partial charge in [0.1, 0.15) is 35.9 Å².